The molecule has 6 nitrogen and oxygen atoms in total. The number of carbonyl (C=O) groups is 1. The van der Waals surface area contributed by atoms with Gasteiger partial charge in [0, 0.05) is 5.56 Å². The highest BCUT2D eigenvalue weighted by Gasteiger charge is 2.15. The van der Waals surface area contributed by atoms with E-state index in [0.717, 1.165) is 23.5 Å². The van der Waals surface area contributed by atoms with E-state index in [9.17, 15) is 4.79 Å². The van der Waals surface area contributed by atoms with Crippen molar-refractivity contribution in [2.45, 2.75) is 20.3 Å². The molecule has 2 aromatic rings. The maximum atomic E-state index is 11.8. The molecule has 0 fully saturated rings. The van der Waals surface area contributed by atoms with E-state index in [1.165, 1.54) is 0 Å². The number of hydrogen-bond acceptors (Lipinski definition) is 5. The summed E-state index contributed by atoms with van der Waals surface area (Å²) in [7, 11) is 0. The Morgan fingerprint density at radius 3 is 3.06 bits per heavy atom. The Morgan fingerprint density at radius 1 is 1.62 bits per heavy atom. The standard InChI is InChI=1S/C9H11N5OS/c1-3-6-4-10-13-8(6)11-9(15)7-5(2)12-14-16-7/h4H,3H2,1-2H3,(H2,10,11,13,15). The number of hydrogen-bond donors (Lipinski definition) is 2. The van der Waals surface area contributed by atoms with Crippen molar-refractivity contribution in [2.24, 2.45) is 0 Å². The first-order valence-electron chi connectivity index (χ1n) is 4.85. The van der Waals surface area contributed by atoms with Gasteiger partial charge in [0.15, 0.2) is 0 Å². The van der Waals surface area contributed by atoms with E-state index in [4.69, 9.17) is 0 Å². The summed E-state index contributed by atoms with van der Waals surface area (Å²) in [4.78, 5) is 12.4. The number of amides is 1. The van der Waals surface area contributed by atoms with E-state index in [0.29, 0.717) is 16.4 Å². The number of carbonyl (C=O) groups excluding carboxylic acids is 1. The average molecular weight is 237 g/mol. The topological polar surface area (TPSA) is 83.6 Å². The van der Waals surface area contributed by atoms with Gasteiger partial charge in [-0.15, -0.1) is 5.10 Å². The van der Waals surface area contributed by atoms with Crippen molar-refractivity contribution in [3.05, 3.63) is 22.3 Å². The summed E-state index contributed by atoms with van der Waals surface area (Å²) in [6.07, 6.45) is 2.51. The van der Waals surface area contributed by atoms with Gasteiger partial charge < -0.3 is 5.32 Å². The molecule has 0 saturated carbocycles. The molecule has 2 aromatic heterocycles. The van der Waals surface area contributed by atoms with Crippen LogP contribution >= 0.6 is 11.5 Å². The Hall–Kier alpha value is -1.76. The molecule has 7 heteroatoms. The second kappa shape index (κ2) is 4.40. The molecular formula is C9H11N5OS. The second-order valence-electron chi connectivity index (χ2n) is 3.27. The molecule has 2 rings (SSSR count). The number of H-pyrrole nitrogens is 1. The predicted octanol–water partition coefficient (Wildman–Crippen LogP) is 1.38. The van der Waals surface area contributed by atoms with Crippen LogP contribution in [0.3, 0.4) is 0 Å². The fraction of sp³-hybridized carbons (Fsp3) is 0.333. The Kier molecular flexibility index (Phi) is 2.95. The number of aromatic nitrogens is 4. The molecule has 16 heavy (non-hydrogen) atoms. The maximum Gasteiger partial charge on any atom is 0.270 e. The van der Waals surface area contributed by atoms with Gasteiger partial charge >= 0.3 is 0 Å². The van der Waals surface area contributed by atoms with Crippen molar-refractivity contribution >= 4 is 23.3 Å². The molecule has 0 radical (unpaired) electrons. The van der Waals surface area contributed by atoms with Crippen LogP contribution in [-0.2, 0) is 6.42 Å². The lowest BCUT2D eigenvalue weighted by atomic mass is 10.2. The zero-order valence-corrected chi connectivity index (χ0v) is 9.76. The number of rotatable bonds is 3. The van der Waals surface area contributed by atoms with Crippen LogP contribution in [0.2, 0.25) is 0 Å². The minimum absolute atomic E-state index is 0.202. The van der Waals surface area contributed by atoms with Crippen LogP contribution in [0.25, 0.3) is 0 Å². The Bertz CT molecular complexity index is 503. The zero-order valence-electron chi connectivity index (χ0n) is 8.94. The zero-order chi connectivity index (χ0) is 11.5. The van der Waals surface area contributed by atoms with Crippen molar-refractivity contribution in [1.29, 1.82) is 0 Å². The average Bonchev–Trinajstić information content (AvgIpc) is 2.86. The normalized spacial score (nSPS) is 10.4. The fourth-order valence-electron chi connectivity index (χ4n) is 1.30. The maximum absolute atomic E-state index is 11.8. The first kappa shape index (κ1) is 10.7. The summed E-state index contributed by atoms with van der Waals surface area (Å²) in [5.41, 5.74) is 1.61. The van der Waals surface area contributed by atoms with E-state index >= 15 is 0 Å². The van der Waals surface area contributed by atoms with Gasteiger partial charge in [-0.05, 0) is 24.9 Å². The minimum atomic E-state index is -0.202. The van der Waals surface area contributed by atoms with Crippen molar-refractivity contribution in [3.8, 4) is 0 Å². The van der Waals surface area contributed by atoms with Crippen LogP contribution in [0.1, 0.15) is 27.9 Å². The lowest BCUT2D eigenvalue weighted by molar-refractivity contribution is 0.102. The Labute approximate surface area is 96.2 Å². The van der Waals surface area contributed by atoms with Gasteiger partial charge in [-0.1, -0.05) is 11.4 Å². The van der Waals surface area contributed by atoms with Crippen LogP contribution in [0.5, 0.6) is 0 Å². The minimum Gasteiger partial charge on any atom is -0.306 e. The fourth-order valence-corrected chi connectivity index (χ4v) is 1.85. The second-order valence-corrected chi connectivity index (χ2v) is 4.02. The molecule has 0 atom stereocenters. The molecule has 1 amide bonds. The Morgan fingerprint density at radius 2 is 2.44 bits per heavy atom. The predicted molar refractivity (Wildman–Crippen MR) is 60.6 cm³/mol. The van der Waals surface area contributed by atoms with Gasteiger partial charge in [0.2, 0.25) is 0 Å². The third-order valence-electron chi connectivity index (χ3n) is 2.20. The first-order valence-corrected chi connectivity index (χ1v) is 5.62. The third-order valence-corrected chi connectivity index (χ3v) is 3.02. The van der Waals surface area contributed by atoms with Gasteiger partial charge in [0.05, 0.1) is 11.9 Å². The SMILES string of the molecule is CCc1cn[nH]c1NC(=O)c1snnc1C. The van der Waals surface area contributed by atoms with Crippen molar-refractivity contribution < 1.29 is 4.79 Å². The molecule has 0 bridgehead atoms. The van der Waals surface area contributed by atoms with Gasteiger partial charge in [0.25, 0.3) is 5.91 Å². The molecule has 84 valence electrons. The van der Waals surface area contributed by atoms with Crippen LogP contribution in [-0.4, -0.2) is 25.7 Å². The van der Waals surface area contributed by atoms with E-state index in [1.54, 1.807) is 13.1 Å². The smallest absolute Gasteiger partial charge is 0.270 e. The molecule has 0 aliphatic carbocycles. The largest absolute Gasteiger partial charge is 0.306 e. The van der Waals surface area contributed by atoms with E-state index in [1.807, 2.05) is 6.92 Å². The highest BCUT2D eigenvalue weighted by molar-refractivity contribution is 7.08. The van der Waals surface area contributed by atoms with Gasteiger partial charge in [-0.3, -0.25) is 9.89 Å². The van der Waals surface area contributed by atoms with Crippen LogP contribution < -0.4 is 5.32 Å². The summed E-state index contributed by atoms with van der Waals surface area (Å²) in [5.74, 6) is 0.437. The van der Waals surface area contributed by atoms with E-state index in [-0.39, 0.29) is 5.91 Å². The number of anilines is 1. The molecule has 0 unspecified atom stereocenters. The Balaban J connectivity index is 2.17. The lowest BCUT2D eigenvalue weighted by Crippen LogP contribution is -2.13. The van der Waals surface area contributed by atoms with Crippen LogP contribution in [0, 0.1) is 6.92 Å². The molecule has 0 spiro atoms. The van der Waals surface area contributed by atoms with Crippen molar-refractivity contribution in [3.63, 3.8) is 0 Å². The number of aryl methyl sites for hydroxylation is 2. The quantitative estimate of drug-likeness (QED) is 0.844. The van der Waals surface area contributed by atoms with Crippen LogP contribution in [0.4, 0.5) is 5.82 Å². The summed E-state index contributed by atoms with van der Waals surface area (Å²) in [5, 5.41) is 13.2. The van der Waals surface area contributed by atoms with Crippen molar-refractivity contribution in [1.82, 2.24) is 19.8 Å². The van der Waals surface area contributed by atoms with E-state index < -0.39 is 0 Å². The lowest BCUT2D eigenvalue weighted by Gasteiger charge is -2.02. The molecule has 0 aliphatic rings. The van der Waals surface area contributed by atoms with Gasteiger partial charge in [-0.2, -0.15) is 5.10 Å². The summed E-state index contributed by atoms with van der Waals surface area (Å²) < 4.78 is 3.72. The first-order chi connectivity index (χ1) is 7.72. The number of nitrogens with zero attached hydrogens (tertiary/aromatic N) is 3. The highest BCUT2D eigenvalue weighted by atomic mass is 32.1. The summed E-state index contributed by atoms with van der Waals surface area (Å²) >= 11 is 1.09. The number of nitrogens with one attached hydrogen (secondary N) is 2. The van der Waals surface area contributed by atoms with Crippen LogP contribution in [0.15, 0.2) is 6.20 Å². The van der Waals surface area contributed by atoms with Crippen molar-refractivity contribution in [2.75, 3.05) is 5.32 Å². The number of aromatic amines is 1. The third kappa shape index (κ3) is 1.94. The molecular weight excluding hydrogens is 226 g/mol. The molecule has 0 saturated heterocycles. The molecule has 0 aromatic carbocycles. The van der Waals surface area contributed by atoms with Gasteiger partial charge in [0.1, 0.15) is 10.7 Å². The molecule has 0 aliphatic heterocycles. The van der Waals surface area contributed by atoms with E-state index in [2.05, 4.69) is 25.1 Å². The summed E-state index contributed by atoms with van der Waals surface area (Å²) in [6, 6.07) is 0. The highest BCUT2D eigenvalue weighted by Crippen LogP contribution is 2.15. The summed E-state index contributed by atoms with van der Waals surface area (Å²) in [6.45, 7) is 3.76. The monoisotopic (exact) mass is 237 g/mol. The molecule has 2 heterocycles. The molecule has 2 N–H and O–H groups in total. The van der Waals surface area contributed by atoms with Gasteiger partial charge in [-0.25, -0.2) is 0 Å².